The SMILES string of the molecule is C=O.CNc1ccc2c(nc(Cc3ccccc3)n2C2CC3CCC(C2)N3)c1CCC(C)O. The van der Waals surface area contributed by atoms with Gasteiger partial charge < -0.3 is 25.1 Å². The Kier molecular flexibility index (Phi) is 7.46. The molecule has 2 fully saturated rings. The lowest BCUT2D eigenvalue weighted by Gasteiger charge is -2.31. The number of piperidine rings is 1. The number of nitrogens with zero attached hydrogens (tertiary/aromatic N) is 2. The minimum Gasteiger partial charge on any atom is -0.393 e. The second-order valence-corrected chi connectivity index (χ2v) is 9.42. The maximum Gasteiger partial charge on any atom is 0.114 e. The van der Waals surface area contributed by atoms with Crippen LogP contribution in [0.5, 0.6) is 0 Å². The second kappa shape index (κ2) is 10.5. The van der Waals surface area contributed by atoms with Gasteiger partial charge in [-0.3, -0.25) is 0 Å². The van der Waals surface area contributed by atoms with E-state index in [4.69, 9.17) is 9.78 Å². The number of aryl methyl sites for hydroxylation is 1. The first-order valence-electron chi connectivity index (χ1n) is 12.1. The number of aliphatic hydroxyl groups excluding tert-OH is 1. The van der Waals surface area contributed by atoms with Gasteiger partial charge in [-0.1, -0.05) is 30.3 Å². The highest BCUT2D eigenvalue weighted by Gasteiger charge is 2.36. The second-order valence-electron chi connectivity index (χ2n) is 9.42. The van der Waals surface area contributed by atoms with E-state index in [1.54, 1.807) is 0 Å². The summed E-state index contributed by atoms with van der Waals surface area (Å²) in [7, 11) is 1.97. The average molecular weight is 449 g/mol. The van der Waals surface area contributed by atoms with Gasteiger partial charge in [-0.05, 0) is 63.1 Å². The zero-order valence-corrected chi connectivity index (χ0v) is 19.8. The summed E-state index contributed by atoms with van der Waals surface area (Å²) in [6.07, 6.45) is 7.05. The molecule has 2 aliphatic heterocycles. The molecule has 3 unspecified atom stereocenters. The summed E-state index contributed by atoms with van der Waals surface area (Å²) in [5, 5.41) is 17.1. The van der Waals surface area contributed by atoms with Crippen molar-refractivity contribution < 1.29 is 9.90 Å². The quantitative estimate of drug-likeness (QED) is 0.504. The fourth-order valence-electron chi connectivity index (χ4n) is 5.65. The first-order chi connectivity index (χ1) is 16.1. The van der Waals surface area contributed by atoms with Gasteiger partial charge in [0.1, 0.15) is 12.6 Å². The van der Waals surface area contributed by atoms with E-state index in [1.807, 2.05) is 20.8 Å². The molecule has 6 heteroatoms. The number of nitrogens with one attached hydrogen (secondary N) is 2. The van der Waals surface area contributed by atoms with Gasteiger partial charge in [-0.2, -0.15) is 0 Å². The van der Waals surface area contributed by atoms with E-state index < -0.39 is 0 Å². The molecule has 0 saturated carbocycles. The number of aromatic nitrogens is 2. The minimum atomic E-state index is -0.314. The molecule has 2 aliphatic rings. The van der Waals surface area contributed by atoms with Crippen LogP contribution in [0, 0.1) is 0 Å². The summed E-state index contributed by atoms with van der Waals surface area (Å²) in [4.78, 5) is 13.3. The molecule has 3 heterocycles. The van der Waals surface area contributed by atoms with Crippen LogP contribution in [-0.4, -0.2) is 46.7 Å². The molecule has 0 spiro atoms. The smallest absolute Gasteiger partial charge is 0.114 e. The Morgan fingerprint density at radius 2 is 1.85 bits per heavy atom. The van der Waals surface area contributed by atoms with Gasteiger partial charge in [0.2, 0.25) is 0 Å². The Morgan fingerprint density at radius 3 is 2.48 bits per heavy atom. The van der Waals surface area contributed by atoms with Crippen molar-refractivity contribution in [1.29, 1.82) is 0 Å². The van der Waals surface area contributed by atoms with Crippen molar-refractivity contribution in [2.75, 3.05) is 12.4 Å². The number of aliphatic hydroxyl groups is 1. The Bertz CT molecular complexity index is 1050. The van der Waals surface area contributed by atoms with Crippen LogP contribution in [-0.2, 0) is 17.6 Å². The summed E-state index contributed by atoms with van der Waals surface area (Å²) >= 11 is 0. The van der Waals surface area contributed by atoms with Gasteiger partial charge in [-0.15, -0.1) is 0 Å². The van der Waals surface area contributed by atoms with Crippen LogP contribution >= 0.6 is 0 Å². The molecule has 3 N–H and O–H groups in total. The van der Waals surface area contributed by atoms with Gasteiger partial charge in [0.25, 0.3) is 0 Å². The van der Waals surface area contributed by atoms with Crippen LogP contribution in [0.2, 0.25) is 0 Å². The molecule has 3 atom stereocenters. The molecule has 5 rings (SSSR count). The zero-order chi connectivity index (χ0) is 23.4. The fraction of sp³-hybridized carbons (Fsp3) is 0.481. The third-order valence-corrected chi connectivity index (χ3v) is 7.14. The van der Waals surface area contributed by atoms with Crippen molar-refractivity contribution in [2.45, 2.75) is 76.1 Å². The topological polar surface area (TPSA) is 79.2 Å². The predicted molar refractivity (Wildman–Crippen MR) is 134 cm³/mol. The third-order valence-electron chi connectivity index (χ3n) is 7.14. The van der Waals surface area contributed by atoms with E-state index in [0.717, 1.165) is 30.5 Å². The summed E-state index contributed by atoms with van der Waals surface area (Å²) < 4.78 is 2.56. The average Bonchev–Trinajstić information content (AvgIpc) is 3.37. The number of fused-ring (bicyclic) bond motifs is 3. The molecule has 0 amide bonds. The van der Waals surface area contributed by atoms with E-state index in [0.29, 0.717) is 18.1 Å². The summed E-state index contributed by atoms with van der Waals surface area (Å²) in [5.74, 6) is 1.17. The largest absolute Gasteiger partial charge is 0.393 e. The molecule has 2 aromatic carbocycles. The van der Waals surface area contributed by atoms with Crippen LogP contribution in [0.4, 0.5) is 5.69 Å². The Labute approximate surface area is 196 Å². The maximum absolute atomic E-state index is 9.92. The van der Waals surface area contributed by atoms with Gasteiger partial charge in [0, 0.05) is 42.8 Å². The third kappa shape index (κ3) is 4.97. The molecule has 1 aromatic heterocycles. The van der Waals surface area contributed by atoms with E-state index >= 15 is 0 Å². The van der Waals surface area contributed by atoms with E-state index in [2.05, 4.69) is 57.7 Å². The van der Waals surface area contributed by atoms with Crippen LogP contribution in [0.25, 0.3) is 11.0 Å². The number of carbonyl (C=O) groups excluding carboxylic acids is 1. The van der Waals surface area contributed by atoms with Crippen LogP contribution < -0.4 is 10.6 Å². The molecule has 33 heavy (non-hydrogen) atoms. The summed E-state index contributed by atoms with van der Waals surface area (Å²) in [6, 6.07) is 16.9. The molecule has 6 nitrogen and oxygen atoms in total. The van der Waals surface area contributed by atoms with Crippen LogP contribution in [0.3, 0.4) is 0 Å². The summed E-state index contributed by atoms with van der Waals surface area (Å²) in [5.41, 5.74) is 6.00. The van der Waals surface area contributed by atoms with Gasteiger partial charge >= 0.3 is 0 Å². The lowest BCUT2D eigenvalue weighted by molar-refractivity contribution is -0.0980. The molecule has 2 saturated heterocycles. The Hall–Kier alpha value is -2.70. The highest BCUT2D eigenvalue weighted by Crippen LogP contribution is 2.38. The number of rotatable bonds is 7. The predicted octanol–water partition coefficient (Wildman–Crippen LogP) is 4.25. The van der Waals surface area contributed by atoms with Gasteiger partial charge in [0.15, 0.2) is 0 Å². The van der Waals surface area contributed by atoms with Crippen molar-refractivity contribution in [1.82, 2.24) is 14.9 Å². The number of anilines is 1. The first kappa shape index (κ1) is 23.5. The van der Waals surface area contributed by atoms with Crippen LogP contribution in [0.15, 0.2) is 42.5 Å². The molecular weight excluding hydrogens is 412 g/mol. The first-order valence-corrected chi connectivity index (χ1v) is 12.1. The normalized spacial score (nSPS) is 22.6. The highest BCUT2D eigenvalue weighted by molar-refractivity contribution is 5.85. The monoisotopic (exact) mass is 448 g/mol. The Balaban J connectivity index is 0.00000126. The van der Waals surface area contributed by atoms with E-state index in [-0.39, 0.29) is 6.10 Å². The van der Waals surface area contributed by atoms with E-state index in [1.165, 1.54) is 48.2 Å². The molecule has 0 radical (unpaired) electrons. The summed E-state index contributed by atoms with van der Waals surface area (Å²) in [6.45, 7) is 3.86. The number of imidazole rings is 1. The maximum atomic E-state index is 9.92. The molecule has 2 bridgehead atoms. The number of hydrogen-bond acceptors (Lipinski definition) is 5. The zero-order valence-electron chi connectivity index (χ0n) is 19.8. The van der Waals surface area contributed by atoms with E-state index in [9.17, 15) is 5.11 Å². The molecule has 176 valence electrons. The van der Waals surface area contributed by atoms with Crippen LogP contribution in [0.1, 0.15) is 62.0 Å². The van der Waals surface area contributed by atoms with Crippen molar-refractivity contribution >= 4 is 23.5 Å². The van der Waals surface area contributed by atoms with Gasteiger partial charge in [0.05, 0.1) is 17.1 Å². The molecule has 3 aromatic rings. The van der Waals surface area contributed by atoms with Gasteiger partial charge in [-0.25, -0.2) is 4.98 Å². The minimum absolute atomic E-state index is 0.314. The van der Waals surface area contributed by atoms with Crippen molar-refractivity contribution in [2.24, 2.45) is 0 Å². The lowest BCUT2D eigenvalue weighted by atomic mass is 9.98. The van der Waals surface area contributed by atoms with Crippen molar-refractivity contribution in [3.8, 4) is 0 Å². The number of hydrogen-bond donors (Lipinski definition) is 3. The fourth-order valence-corrected chi connectivity index (χ4v) is 5.65. The Morgan fingerprint density at radius 1 is 1.15 bits per heavy atom. The number of carbonyl (C=O) groups is 1. The highest BCUT2D eigenvalue weighted by atomic mass is 16.3. The van der Waals surface area contributed by atoms with Crippen molar-refractivity contribution in [3.63, 3.8) is 0 Å². The lowest BCUT2D eigenvalue weighted by Crippen LogP contribution is -2.39. The number of benzene rings is 2. The van der Waals surface area contributed by atoms with Crippen molar-refractivity contribution in [3.05, 3.63) is 59.4 Å². The standard InChI is InChI=1S/C26H34N4O.CH2O/c1-17(31)8-11-22-23(27-2)12-13-24-26(22)29-25(14-18-6-4-3-5-7-18)30(24)21-15-19-9-10-20(16-21)28-19;1-2/h3-7,12-13,17,19-21,27-28,31H,8-11,14-16H2,1-2H3;1H2. The molecule has 0 aliphatic carbocycles. The molecular formula is C27H36N4O2.